The first kappa shape index (κ1) is 10.8. The molecule has 0 aliphatic rings. The number of hydrogen-bond donors (Lipinski definition) is 1. The van der Waals surface area contributed by atoms with Crippen molar-refractivity contribution in [3.8, 4) is 0 Å². The fourth-order valence-electron chi connectivity index (χ4n) is 1.06. The smallest absolute Gasteiger partial charge is 0.187 e. The van der Waals surface area contributed by atoms with Gasteiger partial charge >= 0.3 is 0 Å². The molecular formula is C10H11N5S. The average molecular weight is 233 g/mol. The Morgan fingerprint density at radius 2 is 1.94 bits per heavy atom. The van der Waals surface area contributed by atoms with Gasteiger partial charge in [0.1, 0.15) is 5.82 Å². The SMILES string of the molecule is CNc1cnc(CSc2ncccn2)cn1. The van der Waals surface area contributed by atoms with Crippen molar-refractivity contribution in [2.45, 2.75) is 10.9 Å². The van der Waals surface area contributed by atoms with Gasteiger partial charge in [0, 0.05) is 25.2 Å². The van der Waals surface area contributed by atoms with Crippen LogP contribution >= 0.6 is 11.8 Å². The van der Waals surface area contributed by atoms with E-state index in [9.17, 15) is 0 Å². The van der Waals surface area contributed by atoms with Crippen molar-refractivity contribution in [2.75, 3.05) is 12.4 Å². The summed E-state index contributed by atoms with van der Waals surface area (Å²) >= 11 is 1.54. The summed E-state index contributed by atoms with van der Waals surface area (Å²) in [6.45, 7) is 0. The van der Waals surface area contributed by atoms with E-state index in [1.165, 1.54) is 0 Å². The standard InChI is InChI=1S/C10H11N5S/c1-11-9-6-14-8(5-15-9)7-16-10-12-3-2-4-13-10/h2-6H,7H2,1H3,(H,11,15). The first-order valence-corrected chi connectivity index (χ1v) is 5.75. The minimum atomic E-state index is 0.723. The van der Waals surface area contributed by atoms with Gasteiger partial charge in [0.2, 0.25) is 0 Å². The van der Waals surface area contributed by atoms with Crippen molar-refractivity contribution in [2.24, 2.45) is 0 Å². The molecule has 0 unspecified atom stereocenters. The van der Waals surface area contributed by atoms with Crippen LogP contribution in [-0.2, 0) is 5.75 Å². The van der Waals surface area contributed by atoms with Crippen LogP contribution in [0.2, 0.25) is 0 Å². The maximum Gasteiger partial charge on any atom is 0.187 e. The van der Waals surface area contributed by atoms with Crippen LogP contribution in [0.15, 0.2) is 36.0 Å². The van der Waals surface area contributed by atoms with E-state index in [0.717, 1.165) is 22.4 Å². The zero-order chi connectivity index (χ0) is 11.2. The van der Waals surface area contributed by atoms with Gasteiger partial charge < -0.3 is 5.32 Å². The molecule has 5 nitrogen and oxygen atoms in total. The van der Waals surface area contributed by atoms with Crippen LogP contribution in [-0.4, -0.2) is 27.0 Å². The predicted octanol–water partition coefficient (Wildman–Crippen LogP) is 1.60. The summed E-state index contributed by atoms with van der Waals surface area (Å²) < 4.78 is 0. The fraction of sp³-hybridized carbons (Fsp3) is 0.200. The van der Waals surface area contributed by atoms with E-state index in [2.05, 4.69) is 25.3 Å². The van der Waals surface area contributed by atoms with Crippen molar-refractivity contribution in [1.29, 1.82) is 0 Å². The van der Waals surface area contributed by atoms with Crippen molar-refractivity contribution in [1.82, 2.24) is 19.9 Å². The lowest BCUT2D eigenvalue weighted by Crippen LogP contribution is -1.95. The Labute approximate surface area is 97.8 Å². The van der Waals surface area contributed by atoms with Crippen LogP contribution in [0, 0.1) is 0 Å². The highest BCUT2D eigenvalue weighted by atomic mass is 32.2. The van der Waals surface area contributed by atoms with Gasteiger partial charge in [-0.2, -0.15) is 0 Å². The second kappa shape index (κ2) is 5.41. The van der Waals surface area contributed by atoms with Crippen LogP contribution in [0.4, 0.5) is 5.82 Å². The number of anilines is 1. The molecule has 2 aromatic rings. The third kappa shape index (κ3) is 2.90. The Hall–Kier alpha value is -1.69. The topological polar surface area (TPSA) is 63.6 Å². The third-order valence-corrected chi connectivity index (χ3v) is 2.76. The maximum atomic E-state index is 4.26. The molecule has 82 valence electrons. The molecule has 2 aromatic heterocycles. The van der Waals surface area contributed by atoms with Gasteiger partial charge in [0.25, 0.3) is 0 Å². The Bertz CT molecular complexity index is 431. The summed E-state index contributed by atoms with van der Waals surface area (Å²) in [7, 11) is 1.82. The lowest BCUT2D eigenvalue weighted by atomic mass is 10.5. The van der Waals surface area contributed by atoms with Crippen molar-refractivity contribution < 1.29 is 0 Å². The monoisotopic (exact) mass is 233 g/mol. The van der Waals surface area contributed by atoms with E-state index in [0.29, 0.717) is 0 Å². The number of hydrogen-bond acceptors (Lipinski definition) is 6. The summed E-state index contributed by atoms with van der Waals surface area (Å²) in [5.41, 5.74) is 0.913. The number of rotatable bonds is 4. The molecule has 0 saturated heterocycles. The van der Waals surface area contributed by atoms with E-state index >= 15 is 0 Å². The van der Waals surface area contributed by atoms with Crippen LogP contribution < -0.4 is 5.32 Å². The molecule has 0 amide bonds. The fourth-order valence-corrected chi connectivity index (χ4v) is 1.75. The molecule has 0 radical (unpaired) electrons. The minimum Gasteiger partial charge on any atom is -0.372 e. The second-order valence-electron chi connectivity index (χ2n) is 2.96. The molecule has 0 atom stereocenters. The van der Waals surface area contributed by atoms with Gasteiger partial charge in [0.15, 0.2) is 5.16 Å². The number of nitrogens with zero attached hydrogens (tertiary/aromatic N) is 4. The molecule has 0 fully saturated rings. The van der Waals surface area contributed by atoms with E-state index in [1.54, 1.807) is 42.6 Å². The Kier molecular flexibility index (Phi) is 3.66. The Morgan fingerprint density at radius 3 is 2.56 bits per heavy atom. The van der Waals surface area contributed by atoms with Crippen LogP contribution in [0.3, 0.4) is 0 Å². The zero-order valence-corrected chi connectivity index (χ0v) is 9.61. The largest absolute Gasteiger partial charge is 0.372 e. The number of nitrogens with one attached hydrogen (secondary N) is 1. The number of aromatic nitrogens is 4. The van der Waals surface area contributed by atoms with E-state index in [1.807, 2.05) is 7.05 Å². The molecule has 0 bridgehead atoms. The number of thioether (sulfide) groups is 1. The molecule has 0 aromatic carbocycles. The highest BCUT2D eigenvalue weighted by Crippen LogP contribution is 2.16. The van der Waals surface area contributed by atoms with Crippen molar-refractivity contribution >= 4 is 17.6 Å². The van der Waals surface area contributed by atoms with Gasteiger partial charge in [-0.25, -0.2) is 15.0 Å². The predicted molar refractivity (Wildman–Crippen MR) is 63.2 cm³/mol. The molecule has 2 heterocycles. The molecule has 0 aliphatic carbocycles. The summed E-state index contributed by atoms with van der Waals surface area (Å²) in [6, 6.07) is 1.80. The molecular weight excluding hydrogens is 222 g/mol. The van der Waals surface area contributed by atoms with E-state index < -0.39 is 0 Å². The zero-order valence-electron chi connectivity index (χ0n) is 8.79. The summed E-state index contributed by atoms with van der Waals surface area (Å²) in [5.74, 6) is 1.49. The van der Waals surface area contributed by atoms with Crippen LogP contribution in [0.25, 0.3) is 0 Å². The summed E-state index contributed by atoms with van der Waals surface area (Å²) in [6.07, 6.45) is 6.92. The normalized spacial score (nSPS) is 10.1. The lowest BCUT2D eigenvalue weighted by Gasteiger charge is -2.01. The molecule has 2 rings (SSSR count). The first-order chi connectivity index (χ1) is 7.88. The summed E-state index contributed by atoms with van der Waals surface area (Å²) in [4.78, 5) is 16.7. The van der Waals surface area contributed by atoms with Gasteiger partial charge in [0.05, 0.1) is 18.1 Å². The van der Waals surface area contributed by atoms with Crippen molar-refractivity contribution in [3.63, 3.8) is 0 Å². The minimum absolute atomic E-state index is 0.723. The van der Waals surface area contributed by atoms with Gasteiger partial charge in [-0.05, 0) is 6.07 Å². The quantitative estimate of drug-likeness (QED) is 0.639. The molecule has 16 heavy (non-hydrogen) atoms. The Morgan fingerprint density at radius 1 is 1.12 bits per heavy atom. The van der Waals surface area contributed by atoms with Gasteiger partial charge in [-0.3, -0.25) is 4.98 Å². The third-order valence-electron chi connectivity index (χ3n) is 1.85. The summed E-state index contributed by atoms with van der Waals surface area (Å²) in [5, 5.41) is 3.67. The molecule has 0 spiro atoms. The van der Waals surface area contributed by atoms with Gasteiger partial charge in [-0.1, -0.05) is 11.8 Å². The lowest BCUT2D eigenvalue weighted by molar-refractivity contribution is 0.963. The van der Waals surface area contributed by atoms with E-state index in [4.69, 9.17) is 0 Å². The highest BCUT2D eigenvalue weighted by molar-refractivity contribution is 7.98. The molecule has 0 aliphatic heterocycles. The maximum absolute atomic E-state index is 4.26. The van der Waals surface area contributed by atoms with Crippen LogP contribution in [0.5, 0.6) is 0 Å². The molecule has 1 N–H and O–H groups in total. The first-order valence-electron chi connectivity index (χ1n) is 4.77. The van der Waals surface area contributed by atoms with Crippen LogP contribution in [0.1, 0.15) is 5.69 Å². The Balaban J connectivity index is 1.94. The molecule has 0 saturated carbocycles. The van der Waals surface area contributed by atoms with Crippen molar-refractivity contribution in [3.05, 3.63) is 36.5 Å². The molecule has 6 heteroatoms. The highest BCUT2D eigenvalue weighted by Gasteiger charge is 1.99. The average Bonchev–Trinajstić information content (AvgIpc) is 2.38. The second-order valence-corrected chi connectivity index (χ2v) is 3.91. The van der Waals surface area contributed by atoms with E-state index in [-0.39, 0.29) is 0 Å². The van der Waals surface area contributed by atoms with Gasteiger partial charge in [-0.15, -0.1) is 0 Å².